The van der Waals surface area contributed by atoms with E-state index in [1.54, 1.807) is 0 Å². The van der Waals surface area contributed by atoms with Gasteiger partial charge in [-0.25, -0.2) is 0 Å². The van der Waals surface area contributed by atoms with Gasteiger partial charge in [0.05, 0.1) is 12.1 Å². The number of amides is 1. The van der Waals surface area contributed by atoms with E-state index in [9.17, 15) is 4.79 Å². The molecule has 0 bridgehead atoms. The minimum absolute atomic E-state index is 0.242. The van der Waals surface area contributed by atoms with E-state index in [-0.39, 0.29) is 6.04 Å². The molecule has 0 saturated carbocycles. The molecule has 23 heavy (non-hydrogen) atoms. The molecular formula is C19H28N2O2. The Kier molecular flexibility index (Phi) is 5.21. The summed E-state index contributed by atoms with van der Waals surface area (Å²) in [6.45, 7) is 1.75. The van der Waals surface area contributed by atoms with Gasteiger partial charge < -0.3 is 14.5 Å². The van der Waals surface area contributed by atoms with Crippen molar-refractivity contribution in [3.8, 4) is 0 Å². The van der Waals surface area contributed by atoms with Crippen LogP contribution in [0.2, 0.25) is 0 Å². The Hall–Kier alpha value is -1.55. The number of likely N-dealkylation sites (tertiary alicyclic amines) is 1. The molecule has 1 aromatic carbocycles. The number of anilines is 1. The van der Waals surface area contributed by atoms with Gasteiger partial charge in [0.25, 0.3) is 0 Å². The molecule has 0 spiro atoms. The van der Waals surface area contributed by atoms with E-state index in [0.29, 0.717) is 18.4 Å². The number of hydrogen-bond acceptors (Lipinski definition) is 3. The monoisotopic (exact) mass is 316 g/mol. The van der Waals surface area contributed by atoms with Gasteiger partial charge in [0.2, 0.25) is 5.91 Å². The fraction of sp³-hybridized carbons (Fsp3) is 0.632. The molecule has 4 heteroatoms. The summed E-state index contributed by atoms with van der Waals surface area (Å²) in [5, 5.41) is 0. The summed E-state index contributed by atoms with van der Waals surface area (Å²) in [6, 6.07) is 8.83. The molecule has 0 aromatic heterocycles. The van der Waals surface area contributed by atoms with E-state index in [2.05, 4.69) is 48.2 Å². The zero-order valence-corrected chi connectivity index (χ0v) is 14.3. The van der Waals surface area contributed by atoms with E-state index in [0.717, 1.165) is 45.3 Å². The van der Waals surface area contributed by atoms with Crippen molar-refractivity contribution in [2.45, 2.75) is 50.7 Å². The number of benzene rings is 1. The van der Waals surface area contributed by atoms with E-state index in [1.807, 2.05) is 0 Å². The van der Waals surface area contributed by atoms with E-state index >= 15 is 0 Å². The van der Waals surface area contributed by atoms with Crippen LogP contribution in [0, 0.1) is 0 Å². The summed E-state index contributed by atoms with van der Waals surface area (Å²) in [5.41, 5.74) is 2.46. The molecule has 2 saturated heterocycles. The van der Waals surface area contributed by atoms with Gasteiger partial charge in [-0.05, 0) is 49.8 Å². The van der Waals surface area contributed by atoms with Crippen LogP contribution in [0.15, 0.2) is 24.3 Å². The summed E-state index contributed by atoms with van der Waals surface area (Å²) in [6.07, 6.45) is 6.22. The van der Waals surface area contributed by atoms with Crippen molar-refractivity contribution in [1.29, 1.82) is 0 Å². The predicted octanol–water partition coefficient (Wildman–Crippen LogP) is 3.38. The second-order valence-corrected chi connectivity index (χ2v) is 6.91. The van der Waals surface area contributed by atoms with Crippen LogP contribution in [-0.4, -0.2) is 44.2 Å². The third-order valence-electron chi connectivity index (χ3n) is 5.05. The number of ether oxygens (including phenoxy) is 1. The van der Waals surface area contributed by atoms with Gasteiger partial charge >= 0.3 is 0 Å². The summed E-state index contributed by atoms with van der Waals surface area (Å²) >= 11 is 0. The highest BCUT2D eigenvalue weighted by molar-refractivity contribution is 5.77. The van der Waals surface area contributed by atoms with Crippen molar-refractivity contribution in [3.63, 3.8) is 0 Å². The molecule has 0 N–H and O–H groups in total. The Morgan fingerprint density at radius 3 is 2.91 bits per heavy atom. The highest BCUT2D eigenvalue weighted by Gasteiger charge is 2.30. The molecule has 4 nitrogen and oxygen atoms in total. The van der Waals surface area contributed by atoms with Crippen LogP contribution in [0.3, 0.4) is 0 Å². The smallest absolute Gasteiger partial charge is 0.223 e. The maximum absolute atomic E-state index is 12.7. The van der Waals surface area contributed by atoms with Gasteiger partial charge in [0.1, 0.15) is 0 Å². The third-order valence-corrected chi connectivity index (χ3v) is 5.05. The van der Waals surface area contributed by atoms with Crippen molar-refractivity contribution in [2.24, 2.45) is 0 Å². The highest BCUT2D eigenvalue weighted by Crippen LogP contribution is 2.34. The fourth-order valence-corrected chi connectivity index (χ4v) is 3.72. The molecular weight excluding hydrogens is 288 g/mol. The number of rotatable bonds is 5. The van der Waals surface area contributed by atoms with E-state index in [1.165, 1.54) is 11.3 Å². The average molecular weight is 316 g/mol. The molecule has 2 unspecified atom stereocenters. The largest absolute Gasteiger partial charge is 0.378 e. The van der Waals surface area contributed by atoms with Crippen molar-refractivity contribution in [3.05, 3.63) is 29.8 Å². The molecule has 0 aliphatic carbocycles. The van der Waals surface area contributed by atoms with E-state index < -0.39 is 0 Å². The molecule has 2 fully saturated rings. The lowest BCUT2D eigenvalue weighted by Gasteiger charge is -2.26. The molecule has 1 amide bonds. The van der Waals surface area contributed by atoms with Crippen LogP contribution in [0.25, 0.3) is 0 Å². The zero-order valence-electron chi connectivity index (χ0n) is 14.3. The Morgan fingerprint density at radius 2 is 2.17 bits per heavy atom. The minimum Gasteiger partial charge on any atom is -0.378 e. The van der Waals surface area contributed by atoms with Crippen LogP contribution in [0.1, 0.15) is 50.1 Å². The van der Waals surface area contributed by atoms with Crippen LogP contribution in [-0.2, 0) is 9.53 Å². The van der Waals surface area contributed by atoms with Crippen LogP contribution < -0.4 is 4.90 Å². The van der Waals surface area contributed by atoms with Gasteiger partial charge in [-0.15, -0.1) is 0 Å². The molecule has 126 valence electrons. The van der Waals surface area contributed by atoms with Gasteiger partial charge in [0.15, 0.2) is 0 Å². The molecule has 2 aliphatic heterocycles. The maximum atomic E-state index is 12.7. The van der Waals surface area contributed by atoms with Gasteiger partial charge in [-0.3, -0.25) is 4.79 Å². The number of carbonyl (C=O) groups excluding carboxylic acids is 1. The normalized spacial score (nSPS) is 24.2. The van der Waals surface area contributed by atoms with Crippen molar-refractivity contribution >= 4 is 11.6 Å². The predicted molar refractivity (Wildman–Crippen MR) is 92.7 cm³/mol. The lowest BCUT2D eigenvalue weighted by molar-refractivity contribution is -0.132. The fourth-order valence-electron chi connectivity index (χ4n) is 3.72. The SMILES string of the molecule is CN(C)c1cccc(C2CCCN2C(=O)CCC2CCCO2)c1. The summed E-state index contributed by atoms with van der Waals surface area (Å²) in [4.78, 5) is 16.9. The first-order valence-electron chi connectivity index (χ1n) is 8.83. The maximum Gasteiger partial charge on any atom is 0.223 e. The zero-order chi connectivity index (χ0) is 16.2. The van der Waals surface area contributed by atoms with Gasteiger partial charge in [-0.2, -0.15) is 0 Å². The first kappa shape index (κ1) is 16.3. The van der Waals surface area contributed by atoms with E-state index in [4.69, 9.17) is 4.74 Å². The van der Waals surface area contributed by atoms with Crippen LogP contribution in [0.5, 0.6) is 0 Å². The molecule has 0 radical (unpaired) electrons. The van der Waals surface area contributed by atoms with Crippen molar-refractivity contribution < 1.29 is 9.53 Å². The van der Waals surface area contributed by atoms with Crippen molar-refractivity contribution in [1.82, 2.24) is 4.90 Å². The molecule has 2 atom stereocenters. The summed E-state index contributed by atoms with van der Waals surface area (Å²) in [7, 11) is 4.11. The first-order chi connectivity index (χ1) is 11.1. The Bertz CT molecular complexity index is 538. The second kappa shape index (κ2) is 7.35. The minimum atomic E-state index is 0.242. The lowest BCUT2D eigenvalue weighted by atomic mass is 10.0. The Morgan fingerprint density at radius 1 is 1.30 bits per heavy atom. The third kappa shape index (κ3) is 3.86. The summed E-state index contributed by atoms with van der Waals surface area (Å²) in [5.74, 6) is 0.290. The second-order valence-electron chi connectivity index (χ2n) is 6.91. The average Bonchev–Trinajstić information content (AvgIpc) is 3.24. The number of carbonyl (C=O) groups is 1. The van der Waals surface area contributed by atoms with Crippen molar-refractivity contribution in [2.75, 3.05) is 32.1 Å². The van der Waals surface area contributed by atoms with Crippen LogP contribution >= 0.6 is 0 Å². The van der Waals surface area contributed by atoms with Crippen LogP contribution in [0.4, 0.5) is 5.69 Å². The Labute approximate surface area is 139 Å². The van der Waals surface area contributed by atoms with Gasteiger partial charge in [-0.1, -0.05) is 12.1 Å². The Balaban J connectivity index is 1.64. The topological polar surface area (TPSA) is 32.8 Å². The number of nitrogens with zero attached hydrogens (tertiary/aromatic N) is 2. The molecule has 3 rings (SSSR count). The molecule has 2 aliphatic rings. The standard InChI is InChI=1S/C19H28N2O2/c1-20(2)16-7-3-6-15(14-16)18-9-4-12-21(18)19(22)11-10-17-8-5-13-23-17/h3,6-7,14,17-18H,4-5,8-13H2,1-2H3. The molecule has 2 heterocycles. The number of hydrogen-bond donors (Lipinski definition) is 0. The molecule has 1 aromatic rings. The quantitative estimate of drug-likeness (QED) is 0.835. The highest BCUT2D eigenvalue weighted by atomic mass is 16.5. The summed E-state index contributed by atoms with van der Waals surface area (Å²) < 4.78 is 5.64. The first-order valence-corrected chi connectivity index (χ1v) is 8.83. The lowest BCUT2D eigenvalue weighted by Crippen LogP contribution is -2.31. The van der Waals surface area contributed by atoms with Gasteiger partial charge in [0, 0.05) is 39.4 Å².